The van der Waals surface area contributed by atoms with Crippen molar-refractivity contribution in [2.24, 2.45) is 0 Å². The molecule has 0 saturated heterocycles. The molecular weight excluding hydrogens is 316 g/mol. The Hall–Kier alpha value is -1.20. The maximum atomic E-state index is 4.27. The number of hydrogen-bond acceptors (Lipinski definition) is 3. The Bertz CT molecular complexity index is 564. The van der Waals surface area contributed by atoms with E-state index in [-0.39, 0.29) is 0 Å². The highest BCUT2D eigenvalue weighted by Crippen LogP contribution is 2.14. The lowest BCUT2D eigenvalue weighted by Gasteiger charge is -2.27. The lowest BCUT2D eigenvalue weighted by molar-refractivity contribution is 0.331. The van der Waals surface area contributed by atoms with Crippen molar-refractivity contribution in [3.8, 4) is 0 Å². The van der Waals surface area contributed by atoms with Crippen LogP contribution in [0.15, 0.2) is 35.1 Å². The highest BCUT2D eigenvalue weighted by atomic mass is 79.9. The molecule has 0 amide bonds. The van der Waals surface area contributed by atoms with E-state index in [0.29, 0.717) is 12.1 Å². The molecule has 0 saturated carbocycles. The monoisotopic (exact) mass is 334 g/mol. The van der Waals surface area contributed by atoms with Crippen LogP contribution in [0.2, 0.25) is 0 Å². The summed E-state index contributed by atoms with van der Waals surface area (Å²) in [5.41, 5.74) is 1.37. The molecule has 5 heteroatoms. The third kappa shape index (κ3) is 3.27. The predicted octanol–water partition coefficient (Wildman–Crippen LogP) is 2.58. The Morgan fingerprint density at radius 2 is 2.20 bits per heavy atom. The molecule has 0 aliphatic carbocycles. The quantitative estimate of drug-likeness (QED) is 0.934. The Kier molecular flexibility index (Phi) is 4.17. The van der Waals surface area contributed by atoms with Crippen LogP contribution in [0.4, 0.5) is 0 Å². The van der Waals surface area contributed by atoms with E-state index in [0.717, 1.165) is 36.1 Å². The first-order valence-electron chi connectivity index (χ1n) is 7.08. The van der Waals surface area contributed by atoms with Crippen molar-refractivity contribution in [2.45, 2.75) is 44.8 Å². The van der Waals surface area contributed by atoms with Crippen LogP contribution in [-0.2, 0) is 19.4 Å². The molecule has 1 aromatic heterocycles. The minimum Gasteiger partial charge on any atom is -0.309 e. The van der Waals surface area contributed by atoms with Crippen molar-refractivity contribution in [3.05, 3.63) is 46.5 Å². The molecule has 3 rings (SSSR count). The van der Waals surface area contributed by atoms with Gasteiger partial charge in [-0.1, -0.05) is 28.1 Å². The second kappa shape index (κ2) is 6.06. The van der Waals surface area contributed by atoms with Crippen molar-refractivity contribution in [3.63, 3.8) is 0 Å². The number of benzene rings is 1. The predicted molar refractivity (Wildman–Crippen MR) is 82.6 cm³/mol. The van der Waals surface area contributed by atoms with Gasteiger partial charge in [0.1, 0.15) is 12.2 Å². The topological polar surface area (TPSA) is 42.7 Å². The summed E-state index contributed by atoms with van der Waals surface area (Å²) < 4.78 is 3.15. The maximum absolute atomic E-state index is 4.27. The summed E-state index contributed by atoms with van der Waals surface area (Å²) in [7, 11) is 0. The summed E-state index contributed by atoms with van der Waals surface area (Å²) in [5.74, 6) is 1.11. The number of halogens is 1. The van der Waals surface area contributed by atoms with Crippen LogP contribution in [0.25, 0.3) is 0 Å². The van der Waals surface area contributed by atoms with Gasteiger partial charge >= 0.3 is 0 Å². The SMILES string of the molecule is CC(Cc1ccc(Br)cc1)NC1CCc2ncnn2C1. The highest BCUT2D eigenvalue weighted by Gasteiger charge is 2.20. The Morgan fingerprint density at radius 1 is 1.40 bits per heavy atom. The van der Waals surface area contributed by atoms with Crippen molar-refractivity contribution in [2.75, 3.05) is 0 Å². The Balaban J connectivity index is 1.54. The fourth-order valence-electron chi connectivity index (χ4n) is 2.81. The van der Waals surface area contributed by atoms with Crippen LogP contribution in [0.1, 0.15) is 24.7 Å². The largest absolute Gasteiger partial charge is 0.309 e. The smallest absolute Gasteiger partial charge is 0.138 e. The maximum Gasteiger partial charge on any atom is 0.138 e. The lowest BCUT2D eigenvalue weighted by atomic mass is 10.0. The third-order valence-electron chi connectivity index (χ3n) is 3.78. The molecule has 2 heterocycles. The molecule has 2 atom stereocenters. The zero-order chi connectivity index (χ0) is 13.9. The molecule has 1 aromatic carbocycles. The zero-order valence-corrected chi connectivity index (χ0v) is 13.2. The van der Waals surface area contributed by atoms with Gasteiger partial charge in [0.15, 0.2) is 0 Å². The van der Waals surface area contributed by atoms with Crippen LogP contribution >= 0.6 is 15.9 Å². The molecule has 0 bridgehead atoms. The van der Waals surface area contributed by atoms with E-state index in [9.17, 15) is 0 Å². The summed E-state index contributed by atoms with van der Waals surface area (Å²) in [6.45, 7) is 3.18. The number of nitrogens with zero attached hydrogens (tertiary/aromatic N) is 3. The van der Waals surface area contributed by atoms with Gasteiger partial charge in [0, 0.05) is 23.0 Å². The second-order valence-electron chi connectivity index (χ2n) is 5.49. The fourth-order valence-corrected chi connectivity index (χ4v) is 3.07. The first-order chi connectivity index (χ1) is 9.70. The van der Waals surface area contributed by atoms with E-state index >= 15 is 0 Å². The number of fused-ring (bicyclic) bond motifs is 1. The molecule has 0 radical (unpaired) electrons. The van der Waals surface area contributed by atoms with Crippen LogP contribution in [0, 0.1) is 0 Å². The van der Waals surface area contributed by atoms with Crippen molar-refractivity contribution >= 4 is 15.9 Å². The number of aromatic nitrogens is 3. The molecule has 2 aromatic rings. The Labute approximate surface area is 127 Å². The van der Waals surface area contributed by atoms with E-state index in [2.05, 4.69) is 62.5 Å². The van der Waals surface area contributed by atoms with Gasteiger partial charge in [-0.2, -0.15) is 5.10 Å². The molecule has 0 spiro atoms. The minimum atomic E-state index is 0.464. The minimum absolute atomic E-state index is 0.464. The van der Waals surface area contributed by atoms with Gasteiger partial charge in [0.05, 0.1) is 6.54 Å². The van der Waals surface area contributed by atoms with Crippen LogP contribution in [-0.4, -0.2) is 26.8 Å². The van der Waals surface area contributed by atoms with Gasteiger partial charge in [0.2, 0.25) is 0 Å². The number of hydrogen-bond donors (Lipinski definition) is 1. The summed E-state index contributed by atoms with van der Waals surface area (Å²) in [4.78, 5) is 4.27. The van der Waals surface area contributed by atoms with Gasteiger partial charge in [0.25, 0.3) is 0 Å². The van der Waals surface area contributed by atoms with Gasteiger partial charge < -0.3 is 5.32 Å². The van der Waals surface area contributed by atoms with Gasteiger partial charge in [-0.25, -0.2) is 9.67 Å². The molecule has 4 nitrogen and oxygen atoms in total. The summed E-state index contributed by atoms with van der Waals surface area (Å²) in [6.07, 6.45) is 4.86. The average molecular weight is 335 g/mol. The molecule has 1 aliphatic rings. The van der Waals surface area contributed by atoms with Crippen molar-refractivity contribution in [1.82, 2.24) is 20.1 Å². The van der Waals surface area contributed by atoms with E-state index in [4.69, 9.17) is 0 Å². The van der Waals surface area contributed by atoms with Crippen molar-refractivity contribution in [1.29, 1.82) is 0 Å². The number of rotatable bonds is 4. The summed E-state index contributed by atoms with van der Waals surface area (Å²) >= 11 is 3.47. The fraction of sp³-hybridized carbons (Fsp3) is 0.467. The first kappa shape index (κ1) is 13.8. The summed E-state index contributed by atoms with van der Waals surface area (Å²) in [5, 5.41) is 7.98. The van der Waals surface area contributed by atoms with Crippen LogP contribution in [0.3, 0.4) is 0 Å². The van der Waals surface area contributed by atoms with Gasteiger partial charge in [-0.05, 0) is 37.5 Å². The number of aryl methyl sites for hydroxylation is 1. The van der Waals surface area contributed by atoms with Crippen molar-refractivity contribution < 1.29 is 0 Å². The second-order valence-corrected chi connectivity index (χ2v) is 6.41. The highest BCUT2D eigenvalue weighted by molar-refractivity contribution is 9.10. The molecule has 2 unspecified atom stereocenters. The first-order valence-corrected chi connectivity index (χ1v) is 7.87. The molecule has 1 aliphatic heterocycles. The van der Waals surface area contributed by atoms with Crippen LogP contribution < -0.4 is 5.32 Å². The zero-order valence-electron chi connectivity index (χ0n) is 11.6. The average Bonchev–Trinajstić information content (AvgIpc) is 2.89. The number of nitrogens with one attached hydrogen (secondary N) is 1. The van der Waals surface area contributed by atoms with E-state index in [1.807, 2.05) is 4.68 Å². The normalized spacial score (nSPS) is 19.6. The van der Waals surface area contributed by atoms with E-state index in [1.165, 1.54) is 5.56 Å². The standard InChI is InChI=1S/C15H19BrN4/c1-11(8-12-2-4-13(16)5-3-12)19-14-6-7-15-17-10-18-20(15)9-14/h2-5,10-11,14,19H,6-9H2,1H3. The molecular formula is C15H19BrN4. The third-order valence-corrected chi connectivity index (χ3v) is 4.31. The molecule has 20 heavy (non-hydrogen) atoms. The van der Waals surface area contributed by atoms with E-state index < -0.39 is 0 Å². The van der Waals surface area contributed by atoms with Crippen LogP contribution in [0.5, 0.6) is 0 Å². The van der Waals surface area contributed by atoms with E-state index in [1.54, 1.807) is 6.33 Å². The lowest BCUT2D eigenvalue weighted by Crippen LogP contribution is -2.43. The molecule has 106 valence electrons. The molecule has 0 fully saturated rings. The Morgan fingerprint density at radius 3 is 3.00 bits per heavy atom. The molecule has 1 N–H and O–H groups in total. The van der Waals surface area contributed by atoms with Gasteiger partial charge in [-0.15, -0.1) is 0 Å². The summed E-state index contributed by atoms with van der Waals surface area (Å²) in [6, 6.07) is 9.52. The van der Waals surface area contributed by atoms with Gasteiger partial charge in [-0.3, -0.25) is 0 Å².